The molecule has 6 rings (SSSR count). The number of alkyl halides is 6. The van der Waals surface area contributed by atoms with Gasteiger partial charge in [-0.2, -0.15) is 26.3 Å². The summed E-state index contributed by atoms with van der Waals surface area (Å²) in [6, 6.07) is 1.64. The number of anilines is 1. The maximum Gasteiger partial charge on any atom is 0.408 e. The van der Waals surface area contributed by atoms with Gasteiger partial charge in [0.1, 0.15) is 30.0 Å². The first kappa shape index (κ1) is 52.3. The number of aliphatic hydroxyl groups excluding tert-OH is 1. The number of nitrogens with zero attached hydrogens (tertiary/aromatic N) is 6. The molecule has 0 unspecified atom stereocenters. The third kappa shape index (κ3) is 12.9. The van der Waals surface area contributed by atoms with Crippen molar-refractivity contribution in [2.24, 2.45) is 5.41 Å². The molecule has 23 heteroatoms. The lowest BCUT2D eigenvalue weighted by Crippen LogP contribution is -2.60. The summed E-state index contributed by atoms with van der Waals surface area (Å²) in [7, 11) is 1.40. The highest BCUT2D eigenvalue weighted by molar-refractivity contribution is 7.10. The monoisotopic (exact) mass is 986 g/mol. The summed E-state index contributed by atoms with van der Waals surface area (Å²) in [5, 5.41) is 25.8. The van der Waals surface area contributed by atoms with Crippen LogP contribution in [0.1, 0.15) is 76.8 Å². The number of thiazole rings is 1. The normalized spacial score (nSPS) is 17.7. The molecule has 0 bridgehead atoms. The molecule has 4 N–H and O–H groups in total. The first-order chi connectivity index (χ1) is 31.7. The Balaban J connectivity index is 1.47. The van der Waals surface area contributed by atoms with E-state index in [0.29, 0.717) is 17.7 Å². The number of carbonyl (C=O) groups excluding carboxylic acids is 2. The summed E-state index contributed by atoms with van der Waals surface area (Å²) in [4.78, 5) is 51.0. The van der Waals surface area contributed by atoms with Gasteiger partial charge in [-0.1, -0.05) is 13.8 Å². The lowest BCUT2D eigenvalue weighted by Gasteiger charge is -2.36. The number of methoxy groups -OCH3 is 1. The molecule has 4 aromatic rings. The Morgan fingerprint density at radius 3 is 2.25 bits per heavy atom. The summed E-state index contributed by atoms with van der Waals surface area (Å²) >= 11 is 1.03. The fourth-order valence-electron chi connectivity index (χ4n) is 8.34. The van der Waals surface area contributed by atoms with Gasteiger partial charge in [0.25, 0.3) is 5.91 Å². The highest BCUT2D eigenvalue weighted by atomic mass is 32.1. The van der Waals surface area contributed by atoms with E-state index in [4.69, 9.17) is 9.47 Å². The number of carboxylic acid groups (broad SMARTS) is 1. The minimum atomic E-state index is -4.82. The van der Waals surface area contributed by atoms with Crippen molar-refractivity contribution in [2.45, 2.75) is 110 Å². The number of amides is 2. The number of carbonyl (C=O) groups is 3. The van der Waals surface area contributed by atoms with Gasteiger partial charge < -0.3 is 34.5 Å². The number of carboxylic acids is 1. The van der Waals surface area contributed by atoms with Gasteiger partial charge in [-0.15, -0.1) is 11.3 Å². The third-order valence-electron chi connectivity index (χ3n) is 11.7. The molecule has 2 amide bonds. The van der Waals surface area contributed by atoms with Crippen molar-refractivity contribution in [3.05, 3.63) is 51.9 Å². The van der Waals surface area contributed by atoms with Crippen LogP contribution in [0.25, 0.3) is 33.4 Å². The Bertz CT molecular complexity index is 2460. The standard InChI is InChI=1S/C45H57F7N8O7S/c1-25(66-7)37-29(15-26(20-53-37)58-13-11-57(12-14-58)22-44(47,48)49)38-30(19-43(5,6)24-61)27-16-28(31(46)17-35(27)59(38)23-45(50,51)52)34-21-68-36(54-34)18-33(55-41(65)67-42(2,3)4)39(62)60-10-8-9-32(56-60)40(63)64/h15-17,20-21,25,32-33,56,61H,8-14,18-19,22-24H2,1-7H3,(H,55,65)(H,63,64)/t25-,32-,33-/m0/s1. The van der Waals surface area contributed by atoms with E-state index in [1.54, 1.807) is 52.5 Å². The van der Waals surface area contributed by atoms with E-state index in [0.717, 1.165) is 27.0 Å². The predicted molar refractivity (Wildman–Crippen MR) is 239 cm³/mol. The number of alkyl carbamates (subject to hydrolysis) is 1. The molecular weight excluding hydrogens is 930 g/mol. The zero-order valence-corrected chi connectivity index (χ0v) is 39.6. The Kier molecular flexibility index (Phi) is 15.7. The second-order valence-corrected chi connectivity index (χ2v) is 19.9. The number of aromatic nitrogens is 3. The van der Waals surface area contributed by atoms with Crippen LogP contribution in [0, 0.1) is 11.2 Å². The van der Waals surface area contributed by atoms with Crippen molar-refractivity contribution >= 4 is 45.9 Å². The SMILES string of the molecule is CO[C@@H](C)c1ncc(N2CCN(CC(F)(F)F)CC2)cc1-c1c(CC(C)(C)CO)c2cc(-c3csc(C[C@H](NC(=O)OC(C)(C)C)C(=O)N4CCC[C@@H](C(=O)O)N4)n3)c(F)cc2n1CC(F)(F)F. The van der Waals surface area contributed by atoms with Gasteiger partial charge in [-0.3, -0.25) is 24.5 Å². The summed E-state index contributed by atoms with van der Waals surface area (Å²) < 4.78 is 113. The van der Waals surface area contributed by atoms with Crippen LogP contribution >= 0.6 is 11.3 Å². The molecule has 0 saturated carbocycles. The Labute approximate surface area is 392 Å². The number of aliphatic hydroxyl groups is 1. The van der Waals surface area contributed by atoms with Gasteiger partial charge in [0.05, 0.1) is 52.1 Å². The number of hydrazine groups is 1. The Morgan fingerprint density at radius 1 is 0.971 bits per heavy atom. The molecular formula is C45H57F7N8O7S. The van der Waals surface area contributed by atoms with Crippen molar-refractivity contribution in [2.75, 3.05) is 57.9 Å². The lowest BCUT2D eigenvalue weighted by molar-refractivity contribution is -0.148. The number of fused-ring (bicyclic) bond motifs is 1. The molecule has 0 aliphatic carbocycles. The molecule has 374 valence electrons. The van der Waals surface area contributed by atoms with Crippen LogP contribution in [0.2, 0.25) is 0 Å². The van der Waals surface area contributed by atoms with Crippen LogP contribution < -0.4 is 15.6 Å². The maximum atomic E-state index is 16.7. The van der Waals surface area contributed by atoms with Gasteiger partial charge in [-0.05, 0) is 76.1 Å². The molecule has 68 heavy (non-hydrogen) atoms. The summed E-state index contributed by atoms with van der Waals surface area (Å²) in [6.07, 6.45) is -9.04. The van der Waals surface area contributed by atoms with Crippen LogP contribution in [0.4, 0.5) is 41.2 Å². The average molecular weight is 987 g/mol. The van der Waals surface area contributed by atoms with Crippen molar-refractivity contribution in [3.63, 3.8) is 0 Å². The number of pyridine rings is 1. The fraction of sp³-hybridized carbons (Fsp3) is 0.578. The molecule has 5 heterocycles. The number of piperazine rings is 1. The van der Waals surface area contributed by atoms with E-state index in [1.807, 2.05) is 0 Å². The number of nitrogens with one attached hydrogen (secondary N) is 2. The smallest absolute Gasteiger partial charge is 0.408 e. The number of halogens is 7. The number of aliphatic carboxylic acids is 1. The van der Waals surface area contributed by atoms with Gasteiger partial charge in [-0.25, -0.2) is 19.6 Å². The predicted octanol–water partition coefficient (Wildman–Crippen LogP) is 7.50. The second-order valence-electron chi connectivity index (χ2n) is 18.9. The van der Waals surface area contributed by atoms with Crippen LogP contribution in [0.5, 0.6) is 0 Å². The lowest BCUT2D eigenvalue weighted by atomic mass is 9.84. The largest absolute Gasteiger partial charge is 0.480 e. The minimum absolute atomic E-state index is 0.0118. The highest BCUT2D eigenvalue weighted by Gasteiger charge is 2.38. The van der Waals surface area contributed by atoms with E-state index >= 15 is 4.39 Å². The van der Waals surface area contributed by atoms with Crippen molar-refractivity contribution in [3.8, 4) is 22.5 Å². The van der Waals surface area contributed by atoms with Crippen LogP contribution in [0.3, 0.4) is 0 Å². The van der Waals surface area contributed by atoms with Crippen molar-refractivity contribution < 1.29 is 64.8 Å². The number of rotatable bonds is 15. The van der Waals surface area contributed by atoms with Crippen LogP contribution in [0.15, 0.2) is 29.8 Å². The van der Waals surface area contributed by atoms with Crippen LogP contribution in [-0.2, 0) is 38.4 Å². The number of ether oxygens (including phenoxy) is 2. The topological polar surface area (TPSA) is 175 Å². The molecule has 3 atom stereocenters. The molecule has 15 nitrogen and oxygen atoms in total. The number of benzene rings is 1. The zero-order chi connectivity index (χ0) is 50.1. The van der Waals surface area contributed by atoms with E-state index in [-0.39, 0.29) is 103 Å². The molecule has 2 fully saturated rings. The fourth-order valence-corrected chi connectivity index (χ4v) is 9.19. The van der Waals surface area contributed by atoms with E-state index in [2.05, 4.69) is 20.7 Å². The highest BCUT2D eigenvalue weighted by Crippen LogP contribution is 2.44. The van der Waals surface area contributed by atoms with E-state index < -0.39 is 78.4 Å². The Hall–Kier alpha value is -5.10. The number of hydrogen-bond donors (Lipinski definition) is 4. The van der Waals surface area contributed by atoms with Gasteiger partial charge in [0.2, 0.25) is 0 Å². The average Bonchev–Trinajstić information content (AvgIpc) is 3.81. The molecule has 0 spiro atoms. The first-order valence-electron chi connectivity index (χ1n) is 22.0. The van der Waals surface area contributed by atoms with Gasteiger partial charge in [0, 0.05) is 74.8 Å². The third-order valence-corrected chi connectivity index (χ3v) is 12.5. The zero-order valence-electron chi connectivity index (χ0n) is 38.8. The first-order valence-corrected chi connectivity index (χ1v) is 22.9. The number of hydrogen-bond acceptors (Lipinski definition) is 12. The van der Waals surface area contributed by atoms with Crippen molar-refractivity contribution in [1.29, 1.82) is 0 Å². The summed E-state index contributed by atoms with van der Waals surface area (Å²) in [5.41, 5.74) is 1.89. The minimum Gasteiger partial charge on any atom is -0.480 e. The molecule has 2 aliphatic heterocycles. The quantitative estimate of drug-likeness (QED) is 0.0866. The van der Waals surface area contributed by atoms with Crippen molar-refractivity contribution in [1.82, 2.24) is 35.2 Å². The molecule has 3 aromatic heterocycles. The van der Waals surface area contributed by atoms with Gasteiger partial charge >= 0.3 is 24.4 Å². The van der Waals surface area contributed by atoms with E-state index in [9.17, 15) is 50.9 Å². The van der Waals surface area contributed by atoms with E-state index in [1.165, 1.54) is 29.7 Å². The molecule has 2 aliphatic rings. The second kappa shape index (κ2) is 20.5. The Morgan fingerprint density at radius 2 is 1.65 bits per heavy atom. The van der Waals surface area contributed by atoms with Gasteiger partial charge in [0.15, 0.2) is 0 Å². The van der Waals surface area contributed by atoms with Crippen LogP contribution in [-0.4, -0.2) is 136 Å². The molecule has 1 aromatic carbocycles. The molecule has 2 saturated heterocycles. The summed E-state index contributed by atoms with van der Waals surface area (Å²) in [6.45, 7) is 7.57. The summed E-state index contributed by atoms with van der Waals surface area (Å²) in [5.74, 6) is -2.77. The maximum absolute atomic E-state index is 16.7. The molecule has 0 radical (unpaired) electrons.